The Labute approximate surface area is 121 Å². The van der Waals surface area contributed by atoms with Crippen molar-refractivity contribution in [2.75, 3.05) is 0 Å². The van der Waals surface area contributed by atoms with Crippen molar-refractivity contribution in [2.45, 2.75) is 20.4 Å². The molecule has 0 saturated carbocycles. The van der Waals surface area contributed by atoms with Crippen molar-refractivity contribution in [3.63, 3.8) is 0 Å². The fourth-order valence-corrected chi connectivity index (χ4v) is 1.48. The summed E-state index contributed by atoms with van der Waals surface area (Å²) in [4.78, 5) is 4.26. The molecule has 0 radical (unpaired) electrons. The molecule has 0 saturated heterocycles. The second-order valence-electron chi connectivity index (χ2n) is 3.45. The number of hydrogen-bond donors (Lipinski definition) is 0. The summed E-state index contributed by atoms with van der Waals surface area (Å²) in [5.74, 6) is 0. The van der Waals surface area contributed by atoms with Gasteiger partial charge in [0, 0.05) is 11.9 Å². The van der Waals surface area contributed by atoms with Gasteiger partial charge in [0.25, 0.3) is 0 Å². The second-order valence-corrected chi connectivity index (χ2v) is 8.43. The Hall–Kier alpha value is -0.186. The first-order valence-corrected chi connectivity index (χ1v) is 9.79. The van der Waals surface area contributed by atoms with Gasteiger partial charge in [0.2, 0.25) is 0 Å². The Bertz CT molecular complexity index is 445. The normalized spacial score (nSPS) is 9.88. The number of hydrogen-bond acceptors (Lipinski definition) is 2. The summed E-state index contributed by atoms with van der Waals surface area (Å²) in [7, 11) is 1.25. The molecule has 2 aromatic rings. The quantitative estimate of drug-likeness (QED) is 0.714. The number of rotatable bonds is 2. The first-order chi connectivity index (χ1) is 8.17. The molecule has 96 valence electrons. The number of aromatic nitrogens is 3. The molecule has 0 bridgehead atoms. The van der Waals surface area contributed by atoms with Crippen LogP contribution in [0.2, 0.25) is 0 Å². The van der Waals surface area contributed by atoms with Gasteiger partial charge in [-0.15, -0.1) is 0 Å². The van der Waals surface area contributed by atoms with Gasteiger partial charge >= 0.3 is 39.3 Å². The van der Waals surface area contributed by atoms with Crippen LogP contribution in [-0.2, 0) is 17.4 Å². The zero-order valence-corrected chi connectivity index (χ0v) is 13.7. The SMILES string of the molecule is Cc1cc(C)n(Cc2ccccn2)n1.[Br][Ni][Br]. The Morgan fingerprint density at radius 1 is 1.29 bits per heavy atom. The summed E-state index contributed by atoms with van der Waals surface area (Å²) in [6, 6.07) is 8.00. The molecule has 0 fully saturated rings. The summed E-state index contributed by atoms with van der Waals surface area (Å²) in [5.41, 5.74) is 3.27. The minimum absolute atomic E-state index is 0.751. The van der Waals surface area contributed by atoms with Crippen LogP contribution in [0.25, 0.3) is 0 Å². The molecule has 0 aliphatic carbocycles. The molecule has 0 spiro atoms. The molecule has 3 nitrogen and oxygen atoms in total. The first-order valence-electron chi connectivity index (χ1n) is 4.90. The number of nitrogens with zero attached hydrogens (tertiary/aromatic N) is 3. The third-order valence-corrected chi connectivity index (χ3v) is 2.14. The number of pyridine rings is 1. The van der Waals surface area contributed by atoms with Crippen molar-refractivity contribution in [1.29, 1.82) is 0 Å². The average Bonchev–Trinajstić information content (AvgIpc) is 2.60. The van der Waals surface area contributed by atoms with Gasteiger partial charge in [-0.3, -0.25) is 9.67 Å². The van der Waals surface area contributed by atoms with E-state index in [0.29, 0.717) is 0 Å². The van der Waals surface area contributed by atoms with Crippen LogP contribution in [0.3, 0.4) is 0 Å². The molecule has 0 unspecified atom stereocenters. The van der Waals surface area contributed by atoms with E-state index in [-0.39, 0.29) is 0 Å². The minimum atomic E-state index is 0.751. The Morgan fingerprint density at radius 2 is 2.00 bits per heavy atom. The van der Waals surface area contributed by atoms with Gasteiger partial charge in [0.1, 0.15) is 0 Å². The molecule has 0 amide bonds. The van der Waals surface area contributed by atoms with Gasteiger partial charge in [0.15, 0.2) is 0 Å². The van der Waals surface area contributed by atoms with E-state index in [0.717, 1.165) is 17.9 Å². The fourth-order valence-electron chi connectivity index (χ4n) is 1.48. The summed E-state index contributed by atoms with van der Waals surface area (Å²) >= 11 is 6.00. The molecule has 17 heavy (non-hydrogen) atoms. The molecule has 0 aliphatic heterocycles. The van der Waals surface area contributed by atoms with E-state index in [4.69, 9.17) is 0 Å². The Balaban J connectivity index is 0.000000437. The molecule has 0 aliphatic rings. The molecule has 2 rings (SSSR count). The van der Waals surface area contributed by atoms with E-state index in [2.05, 4.69) is 51.5 Å². The molecule has 0 atom stereocenters. The number of aryl methyl sites for hydroxylation is 2. The predicted molar refractivity (Wildman–Crippen MR) is 72.9 cm³/mol. The molecule has 2 aromatic heterocycles. The topological polar surface area (TPSA) is 30.7 Å². The van der Waals surface area contributed by atoms with Gasteiger partial charge in [-0.25, -0.2) is 0 Å². The van der Waals surface area contributed by atoms with Crippen molar-refractivity contribution in [1.82, 2.24) is 14.8 Å². The molecular formula is C11H13Br2N3Ni. The monoisotopic (exact) mass is 403 g/mol. The van der Waals surface area contributed by atoms with E-state index in [9.17, 15) is 0 Å². The van der Waals surface area contributed by atoms with Crippen molar-refractivity contribution in [3.05, 3.63) is 47.5 Å². The van der Waals surface area contributed by atoms with Crippen LogP contribution >= 0.6 is 28.5 Å². The van der Waals surface area contributed by atoms with Crippen LogP contribution in [0.15, 0.2) is 30.5 Å². The Kier molecular flexibility index (Phi) is 7.01. The van der Waals surface area contributed by atoms with Crippen LogP contribution in [-0.4, -0.2) is 14.8 Å². The van der Waals surface area contributed by atoms with Gasteiger partial charge in [-0.2, -0.15) is 5.10 Å². The maximum absolute atomic E-state index is 4.38. The fraction of sp³-hybridized carbons (Fsp3) is 0.273. The average molecular weight is 406 g/mol. The maximum atomic E-state index is 4.38. The van der Waals surface area contributed by atoms with Crippen LogP contribution in [0.5, 0.6) is 0 Å². The summed E-state index contributed by atoms with van der Waals surface area (Å²) < 4.78 is 1.97. The van der Waals surface area contributed by atoms with Crippen LogP contribution < -0.4 is 0 Å². The van der Waals surface area contributed by atoms with Crippen molar-refractivity contribution in [2.24, 2.45) is 0 Å². The molecule has 6 heteroatoms. The molecule has 0 aromatic carbocycles. The summed E-state index contributed by atoms with van der Waals surface area (Å²) in [6.45, 7) is 4.81. The van der Waals surface area contributed by atoms with Gasteiger partial charge in [0.05, 0.1) is 17.9 Å². The first kappa shape index (κ1) is 14.9. The van der Waals surface area contributed by atoms with E-state index in [1.54, 1.807) is 6.20 Å². The third-order valence-electron chi connectivity index (χ3n) is 2.14. The molecule has 2 heterocycles. The molecule has 0 N–H and O–H groups in total. The Morgan fingerprint density at radius 3 is 2.47 bits per heavy atom. The van der Waals surface area contributed by atoms with E-state index >= 15 is 0 Å². The van der Waals surface area contributed by atoms with Gasteiger partial charge < -0.3 is 0 Å². The van der Waals surface area contributed by atoms with Crippen molar-refractivity contribution in [3.8, 4) is 0 Å². The van der Waals surface area contributed by atoms with Gasteiger partial charge in [-0.1, -0.05) is 6.07 Å². The second kappa shape index (κ2) is 8.01. The van der Waals surface area contributed by atoms with E-state index in [1.807, 2.05) is 29.8 Å². The van der Waals surface area contributed by atoms with Crippen LogP contribution in [0, 0.1) is 13.8 Å². The van der Waals surface area contributed by atoms with E-state index < -0.39 is 0 Å². The summed E-state index contributed by atoms with van der Waals surface area (Å²) in [6.07, 6.45) is 1.81. The zero-order valence-electron chi connectivity index (χ0n) is 9.51. The standard InChI is InChI=1S/C11H13N3.2BrH.Ni/c1-9-7-10(2)14(13-9)8-11-5-3-4-6-12-11;;;/h3-7H,8H2,1-2H3;2*1H;/q;;;+2/p-2. The number of halogens is 2. The van der Waals surface area contributed by atoms with Crippen LogP contribution in [0.4, 0.5) is 0 Å². The van der Waals surface area contributed by atoms with Crippen molar-refractivity contribution >= 4 is 28.5 Å². The van der Waals surface area contributed by atoms with Gasteiger partial charge in [-0.05, 0) is 32.0 Å². The van der Waals surface area contributed by atoms with E-state index in [1.165, 1.54) is 16.6 Å². The molecular weight excluding hydrogens is 393 g/mol. The summed E-state index contributed by atoms with van der Waals surface area (Å²) in [5, 5.41) is 4.38. The predicted octanol–water partition coefficient (Wildman–Crippen LogP) is 3.63. The van der Waals surface area contributed by atoms with Crippen LogP contribution in [0.1, 0.15) is 17.1 Å². The third kappa shape index (κ3) is 5.32. The zero-order chi connectivity index (χ0) is 12.7. The van der Waals surface area contributed by atoms with Crippen molar-refractivity contribution < 1.29 is 10.9 Å².